The molecule has 40 heavy (non-hydrogen) atoms. The second-order valence-electron chi connectivity index (χ2n) is 9.98. The van der Waals surface area contributed by atoms with Crippen LogP contribution in [0.3, 0.4) is 0 Å². The summed E-state index contributed by atoms with van der Waals surface area (Å²) in [6, 6.07) is 24.5. The molecule has 0 atom stereocenters. The van der Waals surface area contributed by atoms with Crippen LogP contribution in [0.1, 0.15) is 54.1 Å². The number of imidazole rings is 1. The molecule has 2 heterocycles. The van der Waals surface area contributed by atoms with Gasteiger partial charge in [0.05, 0.1) is 16.6 Å². The fourth-order valence-corrected chi connectivity index (χ4v) is 5.48. The van der Waals surface area contributed by atoms with Gasteiger partial charge in [0, 0.05) is 23.9 Å². The van der Waals surface area contributed by atoms with E-state index < -0.39 is 5.97 Å². The topological polar surface area (TPSA) is 86.5 Å². The second-order valence-corrected chi connectivity index (χ2v) is 10.4. The zero-order chi connectivity index (χ0) is 27.5. The number of pyridine rings is 1. The van der Waals surface area contributed by atoms with Gasteiger partial charge in [-0.05, 0) is 85.1 Å². The van der Waals surface area contributed by atoms with Crippen LogP contribution in [0.2, 0.25) is 5.15 Å². The van der Waals surface area contributed by atoms with Gasteiger partial charge in [0.2, 0.25) is 0 Å². The zero-order valence-electron chi connectivity index (χ0n) is 21.8. The number of hydrogen-bond acceptors (Lipinski definition) is 5. The molecule has 3 aromatic carbocycles. The first-order valence-electron chi connectivity index (χ1n) is 13.4. The van der Waals surface area contributed by atoms with Gasteiger partial charge in [0.15, 0.2) is 0 Å². The lowest BCUT2D eigenvalue weighted by molar-refractivity contribution is 0.0697. The summed E-state index contributed by atoms with van der Waals surface area (Å²) < 4.78 is 14.3. The van der Waals surface area contributed by atoms with Crippen molar-refractivity contribution in [2.75, 3.05) is 0 Å². The number of ether oxygens (including phenoxy) is 2. The number of hydrogen-bond donors (Lipinski definition) is 1. The molecule has 7 nitrogen and oxygen atoms in total. The van der Waals surface area contributed by atoms with Crippen molar-refractivity contribution < 1.29 is 19.4 Å². The molecule has 0 unspecified atom stereocenters. The van der Waals surface area contributed by atoms with Gasteiger partial charge in [0.1, 0.15) is 34.8 Å². The molecule has 0 saturated heterocycles. The molecule has 202 valence electrons. The van der Waals surface area contributed by atoms with E-state index in [-0.39, 0.29) is 5.56 Å². The summed E-state index contributed by atoms with van der Waals surface area (Å²) in [6.45, 7) is 0.371. The number of fused-ring (bicyclic) bond motifs is 1. The number of rotatable bonds is 8. The fraction of sp³-hybridized carbons (Fsp3) is 0.219. The third kappa shape index (κ3) is 5.65. The average molecular weight is 554 g/mol. The highest BCUT2D eigenvalue weighted by molar-refractivity contribution is 6.29. The Morgan fingerprint density at radius 2 is 1.73 bits per heavy atom. The number of carbonyl (C=O) groups is 1. The minimum atomic E-state index is -0.951. The molecule has 1 aliphatic carbocycles. The van der Waals surface area contributed by atoms with E-state index in [0.717, 1.165) is 35.3 Å². The quantitative estimate of drug-likeness (QED) is 0.194. The van der Waals surface area contributed by atoms with E-state index in [0.29, 0.717) is 40.6 Å². The predicted molar refractivity (Wildman–Crippen MR) is 154 cm³/mol. The molecule has 2 aromatic heterocycles. The molecule has 0 aliphatic heterocycles. The van der Waals surface area contributed by atoms with Crippen LogP contribution in [0.5, 0.6) is 17.2 Å². The SMILES string of the molecule is O=C(O)c1ccc2c(c1)nc(-c1ccc(Oc3cccc(OCc4ccnc(Cl)c4)c3)cc1)n2C1CCCCC1. The molecular weight excluding hydrogens is 526 g/mol. The summed E-state index contributed by atoms with van der Waals surface area (Å²) in [6.07, 6.45) is 7.45. The van der Waals surface area contributed by atoms with Crippen molar-refractivity contribution in [1.29, 1.82) is 0 Å². The van der Waals surface area contributed by atoms with Crippen molar-refractivity contribution >= 4 is 28.6 Å². The molecule has 0 bridgehead atoms. The van der Waals surface area contributed by atoms with Crippen molar-refractivity contribution in [3.63, 3.8) is 0 Å². The van der Waals surface area contributed by atoms with Gasteiger partial charge < -0.3 is 19.1 Å². The lowest BCUT2D eigenvalue weighted by atomic mass is 9.95. The standard InChI is InChI=1S/C32H28ClN3O4/c33-30-17-21(15-16-34-30)20-39-26-7-4-8-27(19-26)40-25-12-9-22(10-13-25)31-35-28-18-23(32(37)38)11-14-29(28)36(31)24-5-2-1-3-6-24/h4,7-19,24H,1-3,5-6,20H2,(H,37,38). The number of benzene rings is 3. The minimum absolute atomic E-state index is 0.242. The van der Waals surface area contributed by atoms with Crippen LogP contribution in [0, 0.1) is 0 Å². The minimum Gasteiger partial charge on any atom is -0.489 e. The van der Waals surface area contributed by atoms with E-state index in [9.17, 15) is 9.90 Å². The zero-order valence-corrected chi connectivity index (χ0v) is 22.6. The Balaban J connectivity index is 1.23. The highest BCUT2D eigenvalue weighted by Crippen LogP contribution is 2.37. The van der Waals surface area contributed by atoms with Crippen LogP contribution in [-0.4, -0.2) is 25.6 Å². The van der Waals surface area contributed by atoms with E-state index in [4.69, 9.17) is 26.1 Å². The van der Waals surface area contributed by atoms with E-state index in [1.807, 2.05) is 60.7 Å². The molecule has 1 N–H and O–H groups in total. The highest BCUT2D eigenvalue weighted by atomic mass is 35.5. The van der Waals surface area contributed by atoms with Gasteiger partial charge in [-0.25, -0.2) is 14.8 Å². The summed E-state index contributed by atoms with van der Waals surface area (Å²) in [4.78, 5) is 20.5. The molecule has 1 fully saturated rings. The van der Waals surface area contributed by atoms with Gasteiger partial charge in [0.25, 0.3) is 0 Å². The number of nitrogens with zero attached hydrogens (tertiary/aromatic N) is 3. The molecule has 6 rings (SSSR count). The van der Waals surface area contributed by atoms with Crippen LogP contribution < -0.4 is 9.47 Å². The Kier molecular flexibility index (Phi) is 7.38. The average Bonchev–Trinajstić information content (AvgIpc) is 3.36. The van der Waals surface area contributed by atoms with Crippen LogP contribution in [0.15, 0.2) is 85.1 Å². The summed E-state index contributed by atoms with van der Waals surface area (Å²) >= 11 is 5.97. The van der Waals surface area contributed by atoms with Gasteiger partial charge in [-0.1, -0.05) is 36.9 Å². The van der Waals surface area contributed by atoms with E-state index in [1.165, 1.54) is 19.3 Å². The summed E-state index contributed by atoms with van der Waals surface area (Å²) in [7, 11) is 0. The molecule has 0 radical (unpaired) electrons. The van der Waals surface area contributed by atoms with E-state index in [1.54, 1.807) is 24.4 Å². The largest absolute Gasteiger partial charge is 0.489 e. The Morgan fingerprint density at radius 3 is 2.50 bits per heavy atom. The van der Waals surface area contributed by atoms with Crippen LogP contribution in [-0.2, 0) is 6.61 Å². The van der Waals surface area contributed by atoms with E-state index >= 15 is 0 Å². The maximum Gasteiger partial charge on any atom is 0.335 e. The van der Waals surface area contributed by atoms with Crippen LogP contribution >= 0.6 is 11.6 Å². The third-order valence-electron chi connectivity index (χ3n) is 7.23. The Morgan fingerprint density at radius 1 is 0.925 bits per heavy atom. The van der Waals surface area contributed by atoms with Gasteiger partial charge in [-0.15, -0.1) is 0 Å². The van der Waals surface area contributed by atoms with Crippen molar-refractivity contribution in [1.82, 2.24) is 14.5 Å². The van der Waals surface area contributed by atoms with E-state index in [2.05, 4.69) is 9.55 Å². The maximum absolute atomic E-state index is 11.6. The maximum atomic E-state index is 11.6. The highest BCUT2D eigenvalue weighted by Gasteiger charge is 2.23. The third-order valence-corrected chi connectivity index (χ3v) is 7.43. The van der Waals surface area contributed by atoms with Gasteiger partial charge >= 0.3 is 5.97 Å². The number of aromatic carboxylic acids is 1. The molecule has 1 aliphatic rings. The second kappa shape index (κ2) is 11.4. The Labute approximate surface area is 237 Å². The smallest absolute Gasteiger partial charge is 0.335 e. The lowest BCUT2D eigenvalue weighted by Gasteiger charge is -2.25. The molecule has 8 heteroatoms. The normalized spacial score (nSPS) is 13.8. The molecule has 0 spiro atoms. The monoisotopic (exact) mass is 553 g/mol. The van der Waals surface area contributed by atoms with Crippen molar-refractivity contribution in [2.45, 2.75) is 44.8 Å². The molecular formula is C32H28ClN3O4. The van der Waals surface area contributed by atoms with Crippen molar-refractivity contribution in [2.24, 2.45) is 0 Å². The first-order chi connectivity index (χ1) is 19.5. The molecule has 5 aromatic rings. The fourth-order valence-electron chi connectivity index (χ4n) is 5.28. The summed E-state index contributed by atoms with van der Waals surface area (Å²) in [5.74, 6) is 1.93. The lowest BCUT2D eigenvalue weighted by Crippen LogP contribution is -2.14. The molecule has 1 saturated carbocycles. The molecule has 0 amide bonds. The van der Waals surface area contributed by atoms with Crippen molar-refractivity contribution in [3.8, 4) is 28.6 Å². The summed E-state index contributed by atoms with van der Waals surface area (Å²) in [5, 5.41) is 9.92. The predicted octanol–water partition coefficient (Wildman–Crippen LogP) is 8.33. The van der Waals surface area contributed by atoms with Gasteiger partial charge in [-0.2, -0.15) is 0 Å². The van der Waals surface area contributed by atoms with Crippen LogP contribution in [0.25, 0.3) is 22.4 Å². The number of halogens is 1. The first kappa shape index (κ1) is 25.9. The number of aromatic nitrogens is 3. The first-order valence-corrected chi connectivity index (χ1v) is 13.8. The summed E-state index contributed by atoms with van der Waals surface area (Å²) in [5.41, 5.74) is 3.80. The Bertz CT molecular complexity index is 1660. The Hall–Kier alpha value is -4.36. The number of carboxylic acid groups (broad SMARTS) is 1. The van der Waals surface area contributed by atoms with Gasteiger partial charge in [-0.3, -0.25) is 0 Å². The number of carboxylic acids is 1. The van der Waals surface area contributed by atoms with Crippen LogP contribution in [0.4, 0.5) is 0 Å². The van der Waals surface area contributed by atoms with Crippen molar-refractivity contribution in [3.05, 3.63) is 101 Å².